The molecule has 1 aromatic heterocycles. The Kier molecular flexibility index (Phi) is 2.74. The van der Waals surface area contributed by atoms with Crippen molar-refractivity contribution in [2.24, 2.45) is 0 Å². The molecule has 106 valence electrons. The molecule has 0 bridgehead atoms. The first-order valence-corrected chi connectivity index (χ1v) is 7.82. The summed E-state index contributed by atoms with van der Waals surface area (Å²) in [6.07, 6.45) is 1.67. The molecule has 1 aliphatic carbocycles. The summed E-state index contributed by atoms with van der Waals surface area (Å²) in [5.41, 5.74) is -0.184. The molecule has 1 aliphatic rings. The number of H-pyrrole nitrogens is 1. The van der Waals surface area contributed by atoms with Crippen molar-refractivity contribution < 1.29 is 8.42 Å². The maximum absolute atomic E-state index is 12.3. The number of aromatic nitrogens is 2. The van der Waals surface area contributed by atoms with Crippen LogP contribution in [0.2, 0.25) is 0 Å². The van der Waals surface area contributed by atoms with Gasteiger partial charge in [0.1, 0.15) is 5.82 Å². The Morgan fingerprint density at radius 2 is 2.05 bits per heavy atom. The van der Waals surface area contributed by atoms with Gasteiger partial charge in [-0.25, -0.2) is 18.1 Å². The first kappa shape index (κ1) is 13.3. The second-order valence-corrected chi connectivity index (χ2v) is 7.18. The van der Waals surface area contributed by atoms with E-state index >= 15 is 0 Å². The SMILES string of the molecule is Cc1nc2ccc(S(=O)(=O)NC3(C)CC3)cc2c(=O)[nH]1. The third kappa shape index (κ3) is 2.34. The van der Waals surface area contributed by atoms with Crippen LogP contribution in [-0.4, -0.2) is 23.9 Å². The van der Waals surface area contributed by atoms with E-state index < -0.39 is 10.0 Å². The summed E-state index contributed by atoms with van der Waals surface area (Å²) in [5, 5.41) is 0.277. The zero-order valence-corrected chi connectivity index (χ0v) is 12.0. The minimum Gasteiger partial charge on any atom is -0.310 e. The molecular formula is C13H15N3O3S. The zero-order chi connectivity index (χ0) is 14.5. The first-order valence-electron chi connectivity index (χ1n) is 6.34. The lowest BCUT2D eigenvalue weighted by Gasteiger charge is -2.12. The van der Waals surface area contributed by atoms with Crippen molar-refractivity contribution in [2.75, 3.05) is 0 Å². The van der Waals surface area contributed by atoms with Crippen molar-refractivity contribution in [3.05, 3.63) is 34.4 Å². The molecule has 3 rings (SSSR count). The van der Waals surface area contributed by atoms with Gasteiger partial charge in [-0.2, -0.15) is 0 Å². The third-order valence-electron chi connectivity index (χ3n) is 3.49. The summed E-state index contributed by atoms with van der Waals surface area (Å²) >= 11 is 0. The molecule has 0 atom stereocenters. The molecule has 20 heavy (non-hydrogen) atoms. The molecule has 2 N–H and O–H groups in total. The lowest BCUT2D eigenvalue weighted by molar-refractivity contribution is 0.558. The average Bonchev–Trinajstić information content (AvgIpc) is 3.05. The lowest BCUT2D eigenvalue weighted by atomic mass is 10.2. The predicted octanol–water partition coefficient (Wildman–Crippen LogP) is 1.06. The van der Waals surface area contributed by atoms with Crippen LogP contribution in [0.1, 0.15) is 25.6 Å². The monoisotopic (exact) mass is 293 g/mol. The summed E-state index contributed by atoms with van der Waals surface area (Å²) in [4.78, 5) is 18.7. The van der Waals surface area contributed by atoms with Crippen molar-refractivity contribution in [1.82, 2.24) is 14.7 Å². The van der Waals surface area contributed by atoms with Crippen LogP contribution < -0.4 is 10.3 Å². The van der Waals surface area contributed by atoms with Crippen LogP contribution >= 0.6 is 0 Å². The number of nitrogens with zero attached hydrogens (tertiary/aromatic N) is 1. The molecule has 0 saturated heterocycles. The molecular weight excluding hydrogens is 278 g/mol. The normalized spacial score (nSPS) is 17.3. The van der Waals surface area contributed by atoms with Crippen LogP contribution in [0.15, 0.2) is 27.9 Å². The summed E-state index contributed by atoms with van der Waals surface area (Å²) in [6, 6.07) is 4.40. The molecule has 1 heterocycles. The number of sulfonamides is 1. The first-order chi connectivity index (χ1) is 9.29. The summed E-state index contributed by atoms with van der Waals surface area (Å²) in [7, 11) is -3.60. The van der Waals surface area contributed by atoms with E-state index in [1.54, 1.807) is 13.0 Å². The Balaban J connectivity index is 2.11. The topological polar surface area (TPSA) is 91.9 Å². The lowest BCUT2D eigenvalue weighted by Crippen LogP contribution is -2.34. The molecule has 1 fully saturated rings. The summed E-state index contributed by atoms with van der Waals surface area (Å²) in [6.45, 7) is 3.55. The highest BCUT2D eigenvalue weighted by Crippen LogP contribution is 2.36. The highest BCUT2D eigenvalue weighted by molar-refractivity contribution is 7.89. The van der Waals surface area contributed by atoms with Gasteiger partial charge in [0.15, 0.2) is 0 Å². The number of rotatable bonds is 3. The maximum atomic E-state index is 12.3. The van der Waals surface area contributed by atoms with E-state index in [0.717, 1.165) is 12.8 Å². The largest absolute Gasteiger partial charge is 0.310 e. The second-order valence-electron chi connectivity index (χ2n) is 5.50. The standard InChI is InChI=1S/C13H15N3O3S/c1-8-14-11-4-3-9(7-10(11)12(17)15-8)20(18,19)16-13(2)5-6-13/h3-4,7,16H,5-6H2,1-2H3,(H,14,15,17). The van der Waals surface area contributed by atoms with Gasteiger partial charge in [0.2, 0.25) is 10.0 Å². The average molecular weight is 293 g/mol. The van der Waals surface area contributed by atoms with E-state index in [0.29, 0.717) is 11.3 Å². The molecule has 6 nitrogen and oxygen atoms in total. The number of nitrogens with one attached hydrogen (secondary N) is 2. The van der Waals surface area contributed by atoms with Gasteiger partial charge in [-0.3, -0.25) is 4.79 Å². The molecule has 1 saturated carbocycles. The number of benzene rings is 1. The van der Waals surface area contributed by atoms with Gasteiger partial charge in [-0.05, 0) is 44.9 Å². The summed E-state index contributed by atoms with van der Waals surface area (Å²) in [5.74, 6) is 0.502. The van der Waals surface area contributed by atoms with E-state index in [-0.39, 0.29) is 21.4 Å². The Morgan fingerprint density at radius 1 is 1.35 bits per heavy atom. The van der Waals surface area contributed by atoms with Gasteiger partial charge in [0.25, 0.3) is 5.56 Å². The smallest absolute Gasteiger partial charge is 0.258 e. The van der Waals surface area contributed by atoms with Crippen LogP contribution in [0.25, 0.3) is 10.9 Å². The third-order valence-corrected chi connectivity index (χ3v) is 5.12. The van der Waals surface area contributed by atoms with Gasteiger partial charge >= 0.3 is 0 Å². The van der Waals surface area contributed by atoms with E-state index in [9.17, 15) is 13.2 Å². The van der Waals surface area contributed by atoms with Crippen molar-refractivity contribution >= 4 is 20.9 Å². The molecule has 0 amide bonds. The van der Waals surface area contributed by atoms with E-state index in [4.69, 9.17) is 0 Å². The number of hydrogen-bond donors (Lipinski definition) is 2. The van der Waals surface area contributed by atoms with Crippen molar-refractivity contribution in [3.63, 3.8) is 0 Å². The molecule has 0 radical (unpaired) electrons. The highest BCUT2D eigenvalue weighted by atomic mass is 32.2. The van der Waals surface area contributed by atoms with Gasteiger partial charge < -0.3 is 4.98 Å². The van der Waals surface area contributed by atoms with Crippen LogP contribution in [0, 0.1) is 6.92 Å². The van der Waals surface area contributed by atoms with Crippen molar-refractivity contribution in [3.8, 4) is 0 Å². The van der Waals surface area contributed by atoms with Gasteiger partial charge in [0.05, 0.1) is 15.8 Å². The summed E-state index contributed by atoms with van der Waals surface area (Å²) < 4.78 is 27.2. The van der Waals surface area contributed by atoms with Crippen molar-refractivity contribution in [1.29, 1.82) is 0 Å². The number of fused-ring (bicyclic) bond motifs is 1. The molecule has 7 heteroatoms. The highest BCUT2D eigenvalue weighted by Gasteiger charge is 2.41. The fourth-order valence-electron chi connectivity index (χ4n) is 2.07. The van der Waals surface area contributed by atoms with E-state index in [1.807, 2.05) is 6.92 Å². The number of aromatic amines is 1. The second kappa shape index (κ2) is 4.13. The Hall–Kier alpha value is -1.73. The number of hydrogen-bond acceptors (Lipinski definition) is 4. The fraction of sp³-hybridized carbons (Fsp3) is 0.385. The Labute approximate surface area is 116 Å². The van der Waals surface area contributed by atoms with Crippen molar-refractivity contribution in [2.45, 2.75) is 37.1 Å². The molecule has 0 spiro atoms. The maximum Gasteiger partial charge on any atom is 0.258 e. The minimum atomic E-state index is -3.60. The van der Waals surface area contributed by atoms with Crippen LogP contribution in [-0.2, 0) is 10.0 Å². The fourth-order valence-corrected chi connectivity index (χ4v) is 3.57. The molecule has 1 aromatic carbocycles. The predicted molar refractivity (Wildman–Crippen MR) is 75.1 cm³/mol. The van der Waals surface area contributed by atoms with Gasteiger partial charge in [0, 0.05) is 5.54 Å². The minimum absolute atomic E-state index is 0.0919. The van der Waals surface area contributed by atoms with Gasteiger partial charge in [-0.1, -0.05) is 0 Å². The van der Waals surface area contributed by atoms with E-state index in [2.05, 4.69) is 14.7 Å². The number of aryl methyl sites for hydroxylation is 1. The van der Waals surface area contributed by atoms with Crippen LogP contribution in [0.5, 0.6) is 0 Å². The van der Waals surface area contributed by atoms with E-state index in [1.165, 1.54) is 12.1 Å². The molecule has 2 aromatic rings. The molecule has 0 unspecified atom stereocenters. The van der Waals surface area contributed by atoms with Crippen LogP contribution in [0.4, 0.5) is 0 Å². The Morgan fingerprint density at radius 3 is 2.70 bits per heavy atom. The molecule has 0 aliphatic heterocycles. The quantitative estimate of drug-likeness (QED) is 0.885. The van der Waals surface area contributed by atoms with Gasteiger partial charge in [-0.15, -0.1) is 0 Å². The Bertz CT molecular complexity index is 851. The van der Waals surface area contributed by atoms with Crippen LogP contribution in [0.3, 0.4) is 0 Å². The zero-order valence-electron chi connectivity index (χ0n) is 11.2.